The molecule has 1 aromatic rings. The largest absolute Gasteiger partial charge is 0.319 e. The molecule has 1 aliphatic carbocycles. The molecule has 0 atom stereocenters. The third-order valence-electron chi connectivity index (χ3n) is 2.59. The SMILES string of the molecule is CSc1ccc(C(=O)C2(N)CC2)cc1. The number of carbonyl (C=O) groups is 1. The highest BCUT2D eigenvalue weighted by Gasteiger charge is 2.45. The Bertz CT molecular complexity index is 354. The van der Waals surface area contributed by atoms with Crippen molar-refractivity contribution in [2.45, 2.75) is 23.3 Å². The lowest BCUT2D eigenvalue weighted by atomic mass is 10.0. The van der Waals surface area contributed by atoms with Gasteiger partial charge in [-0.05, 0) is 31.2 Å². The second-order valence-electron chi connectivity index (χ2n) is 3.71. The van der Waals surface area contributed by atoms with Crippen LogP contribution in [0.2, 0.25) is 0 Å². The summed E-state index contributed by atoms with van der Waals surface area (Å²) in [4.78, 5) is 13.0. The van der Waals surface area contributed by atoms with E-state index in [0.717, 1.165) is 18.4 Å². The monoisotopic (exact) mass is 207 g/mol. The molecule has 2 nitrogen and oxygen atoms in total. The van der Waals surface area contributed by atoms with Gasteiger partial charge in [0.1, 0.15) is 0 Å². The fraction of sp³-hybridized carbons (Fsp3) is 0.364. The zero-order chi connectivity index (χ0) is 10.2. The molecule has 0 saturated heterocycles. The second kappa shape index (κ2) is 3.41. The van der Waals surface area contributed by atoms with Crippen LogP contribution in [0, 0.1) is 0 Å². The molecule has 1 fully saturated rings. The van der Waals surface area contributed by atoms with Crippen LogP contribution < -0.4 is 5.73 Å². The van der Waals surface area contributed by atoms with Crippen molar-refractivity contribution in [2.24, 2.45) is 5.73 Å². The van der Waals surface area contributed by atoms with Crippen molar-refractivity contribution in [1.29, 1.82) is 0 Å². The first-order valence-corrected chi connectivity index (χ1v) is 5.86. The predicted octanol–water partition coefficient (Wildman–Crippen LogP) is 2.08. The van der Waals surface area contributed by atoms with Gasteiger partial charge in [-0.25, -0.2) is 0 Å². The van der Waals surface area contributed by atoms with Gasteiger partial charge >= 0.3 is 0 Å². The van der Waals surface area contributed by atoms with Gasteiger partial charge in [0.2, 0.25) is 0 Å². The standard InChI is InChI=1S/C11H13NOS/c1-14-9-4-2-8(3-5-9)10(13)11(12)6-7-11/h2-5H,6-7,12H2,1H3. The molecule has 3 heteroatoms. The summed E-state index contributed by atoms with van der Waals surface area (Å²) in [6.45, 7) is 0. The second-order valence-corrected chi connectivity index (χ2v) is 4.59. The van der Waals surface area contributed by atoms with Crippen LogP contribution in [-0.4, -0.2) is 17.6 Å². The van der Waals surface area contributed by atoms with Crippen LogP contribution in [0.3, 0.4) is 0 Å². The summed E-state index contributed by atoms with van der Waals surface area (Å²) in [5.41, 5.74) is 6.04. The molecule has 74 valence electrons. The van der Waals surface area contributed by atoms with Crippen LogP contribution in [0.15, 0.2) is 29.2 Å². The molecule has 0 unspecified atom stereocenters. The third-order valence-corrected chi connectivity index (χ3v) is 3.34. The maximum Gasteiger partial charge on any atom is 0.182 e. The molecule has 0 spiro atoms. The van der Waals surface area contributed by atoms with Crippen molar-refractivity contribution in [3.8, 4) is 0 Å². The van der Waals surface area contributed by atoms with E-state index < -0.39 is 5.54 Å². The summed E-state index contributed by atoms with van der Waals surface area (Å²) >= 11 is 1.67. The van der Waals surface area contributed by atoms with Crippen LogP contribution in [0.25, 0.3) is 0 Å². The van der Waals surface area contributed by atoms with E-state index in [1.165, 1.54) is 4.90 Å². The van der Waals surface area contributed by atoms with Crippen LogP contribution in [0.1, 0.15) is 23.2 Å². The van der Waals surface area contributed by atoms with Crippen LogP contribution in [-0.2, 0) is 0 Å². The molecule has 2 N–H and O–H groups in total. The fourth-order valence-corrected chi connectivity index (χ4v) is 1.80. The maximum absolute atomic E-state index is 11.8. The Morgan fingerprint density at radius 3 is 2.36 bits per heavy atom. The Morgan fingerprint density at radius 1 is 1.36 bits per heavy atom. The molecule has 0 aromatic heterocycles. The number of ketones is 1. The minimum atomic E-state index is -0.541. The highest BCUT2D eigenvalue weighted by Crippen LogP contribution is 2.35. The molecule has 0 aliphatic heterocycles. The number of rotatable bonds is 3. The van der Waals surface area contributed by atoms with Gasteiger partial charge < -0.3 is 5.73 Å². The van der Waals surface area contributed by atoms with E-state index in [4.69, 9.17) is 5.73 Å². The van der Waals surface area contributed by atoms with Gasteiger partial charge in [0.05, 0.1) is 5.54 Å². The van der Waals surface area contributed by atoms with E-state index in [1.54, 1.807) is 11.8 Å². The first kappa shape index (κ1) is 9.74. The summed E-state index contributed by atoms with van der Waals surface area (Å²) in [5.74, 6) is 0.0881. The van der Waals surface area contributed by atoms with Gasteiger partial charge in [0.15, 0.2) is 5.78 Å². The zero-order valence-corrected chi connectivity index (χ0v) is 8.93. The van der Waals surface area contributed by atoms with E-state index in [0.29, 0.717) is 0 Å². The number of nitrogens with two attached hydrogens (primary N) is 1. The minimum absolute atomic E-state index is 0.0881. The summed E-state index contributed by atoms with van der Waals surface area (Å²) < 4.78 is 0. The van der Waals surface area contributed by atoms with Crippen molar-refractivity contribution in [3.05, 3.63) is 29.8 Å². The molecule has 0 radical (unpaired) electrons. The first-order valence-electron chi connectivity index (χ1n) is 4.63. The average Bonchev–Trinajstić information content (AvgIpc) is 2.97. The lowest BCUT2D eigenvalue weighted by Gasteiger charge is -2.07. The van der Waals surface area contributed by atoms with E-state index in [1.807, 2.05) is 30.5 Å². The van der Waals surface area contributed by atoms with Gasteiger partial charge in [-0.2, -0.15) is 0 Å². The molecule has 1 saturated carbocycles. The molecule has 0 amide bonds. The predicted molar refractivity (Wildman–Crippen MR) is 58.7 cm³/mol. The highest BCUT2D eigenvalue weighted by molar-refractivity contribution is 7.98. The third kappa shape index (κ3) is 1.70. The molecular weight excluding hydrogens is 194 g/mol. The molecule has 1 aromatic carbocycles. The van der Waals surface area contributed by atoms with Gasteiger partial charge in [-0.15, -0.1) is 11.8 Å². The van der Waals surface area contributed by atoms with Crippen molar-refractivity contribution in [3.63, 3.8) is 0 Å². The summed E-state index contributed by atoms with van der Waals surface area (Å²) in [7, 11) is 0. The summed E-state index contributed by atoms with van der Waals surface area (Å²) in [6, 6.07) is 7.65. The molecule has 0 heterocycles. The topological polar surface area (TPSA) is 43.1 Å². The molecule has 1 aliphatic rings. The molecule has 0 bridgehead atoms. The molecule has 2 rings (SSSR count). The zero-order valence-electron chi connectivity index (χ0n) is 8.12. The van der Waals surface area contributed by atoms with Crippen molar-refractivity contribution in [1.82, 2.24) is 0 Å². The average molecular weight is 207 g/mol. The lowest BCUT2D eigenvalue weighted by molar-refractivity contribution is 0.0949. The number of Topliss-reactive ketones (excluding diaryl/α,β-unsaturated/α-hetero) is 1. The number of thioether (sulfide) groups is 1. The number of hydrogen-bond acceptors (Lipinski definition) is 3. The number of hydrogen-bond donors (Lipinski definition) is 1. The van der Waals surface area contributed by atoms with Gasteiger partial charge in [0, 0.05) is 10.5 Å². The van der Waals surface area contributed by atoms with E-state index in [9.17, 15) is 4.79 Å². The number of benzene rings is 1. The van der Waals surface area contributed by atoms with Gasteiger partial charge in [-0.1, -0.05) is 12.1 Å². The van der Waals surface area contributed by atoms with Crippen LogP contribution >= 0.6 is 11.8 Å². The van der Waals surface area contributed by atoms with E-state index >= 15 is 0 Å². The Balaban J connectivity index is 2.20. The van der Waals surface area contributed by atoms with Crippen molar-refractivity contribution >= 4 is 17.5 Å². The van der Waals surface area contributed by atoms with Gasteiger partial charge in [-0.3, -0.25) is 4.79 Å². The summed E-state index contributed by atoms with van der Waals surface area (Å²) in [5, 5.41) is 0. The lowest BCUT2D eigenvalue weighted by Crippen LogP contribution is -2.32. The van der Waals surface area contributed by atoms with Gasteiger partial charge in [0.25, 0.3) is 0 Å². The number of carbonyl (C=O) groups excluding carboxylic acids is 1. The Kier molecular flexibility index (Phi) is 2.37. The normalized spacial score (nSPS) is 17.9. The maximum atomic E-state index is 11.8. The minimum Gasteiger partial charge on any atom is -0.319 e. The molecular formula is C11H13NOS. The van der Waals surface area contributed by atoms with Crippen molar-refractivity contribution < 1.29 is 4.79 Å². The smallest absolute Gasteiger partial charge is 0.182 e. The van der Waals surface area contributed by atoms with E-state index in [-0.39, 0.29) is 5.78 Å². The molecule has 14 heavy (non-hydrogen) atoms. The fourth-order valence-electron chi connectivity index (χ4n) is 1.39. The van der Waals surface area contributed by atoms with Crippen LogP contribution in [0.4, 0.5) is 0 Å². The van der Waals surface area contributed by atoms with E-state index in [2.05, 4.69) is 0 Å². The first-order chi connectivity index (χ1) is 6.65. The van der Waals surface area contributed by atoms with Crippen molar-refractivity contribution in [2.75, 3.05) is 6.26 Å². The quantitative estimate of drug-likeness (QED) is 0.609. The highest BCUT2D eigenvalue weighted by atomic mass is 32.2. The summed E-state index contributed by atoms with van der Waals surface area (Å²) in [6.07, 6.45) is 3.67. The Hall–Kier alpha value is -0.800. The Morgan fingerprint density at radius 2 is 1.93 bits per heavy atom. The Labute approximate surface area is 87.9 Å². The van der Waals surface area contributed by atoms with Crippen LogP contribution in [0.5, 0.6) is 0 Å².